The lowest BCUT2D eigenvalue weighted by atomic mass is 10.1. The van der Waals surface area contributed by atoms with Gasteiger partial charge in [-0.1, -0.05) is 18.2 Å². The van der Waals surface area contributed by atoms with E-state index in [1.807, 2.05) is 0 Å². The van der Waals surface area contributed by atoms with E-state index in [9.17, 15) is 19.5 Å². The molecular weight excluding hydrogens is 440 g/mol. The van der Waals surface area contributed by atoms with E-state index in [2.05, 4.69) is 5.32 Å². The molecular formula is C25H26N2O7. The SMILES string of the molecule is COc1ccc(CCC(=O)OCC(=O)N(C)c2ccccc2C(=O)NCc2ccco2)cc1O. The van der Waals surface area contributed by atoms with Crippen molar-refractivity contribution in [1.29, 1.82) is 0 Å². The topological polar surface area (TPSA) is 118 Å². The number of aryl methyl sites for hydroxylation is 1. The molecule has 0 aliphatic heterocycles. The Hall–Kier alpha value is -4.27. The molecule has 3 rings (SSSR count). The number of rotatable bonds is 10. The molecule has 0 unspecified atom stereocenters. The summed E-state index contributed by atoms with van der Waals surface area (Å²) >= 11 is 0. The second-order valence-corrected chi connectivity index (χ2v) is 7.40. The fourth-order valence-electron chi connectivity index (χ4n) is 3.22. The predicted molar refractivity (Wildman–Crippen MR) is 124 cm³/mol. The molecule has 0 saturated heterocycles. The molecule has 178 valence electrons. The maximum absolute atomic E-state index is 12.6. The lowest BCUT2D eigenvalue weighted by Crippen LogP contribution is -2.33. The van der Waals surface area contributed by atoms with Crippen LogP contribution in [0.3, 0.4) is 0 Å². The number of nitrogens with zero attached hydrogens (tertiary/aromatic N) is 1. The number of carbonyl (C=O) groups is 3. The number of phenolic OH excluding ortho intramolecular Hbond substituents is 1. The number of anilines is 1. The van der Waals surface area contributed by atoms with Gasteiger partial charge in [0.05, 0.1) is 31.2 Å². The van der Waals surface area contributed by atoms with E-state index in [0.29, 0.717) is 29.2 Å². The van der Waals surface area contributed by atoms with Crippen molar-refractivity contribution in [2.24, 2.45) is 0 Å². The first-order chi connectivity index (χ1) is 16.4. The minimum absolute atomic E-state index is 0.0166. The Bertz CT molecular complexity index is 1140. The van der Waals surface area contributed by atoms with Crippen molar-refractivity contribution in [3.05, 3.63) is 77.7 Å². The van der Waals surface area contributed by atoms with Crippen LogP contribution in [0.2, 0.25) is 0 Å². The van der Waals surface area contributed by atoms with Gasteiger partial charge in [0.25, 0.3) is 11.8 Å². The van der Waals surface area contributed by atoms with Gasteiger partial charge in [0.2, 0.25) is 0 Å². The number of benzene rings is 2. The molecule has 1 aromatic heterocycles. The largest absolute Gasteiger partial charge is 0.504 e. The monoisotopic (exact) mass is 466 g/mol. The Morgan fingerprint density at radius 2 is 1.88 bits per heavy atom. The number of phenols is 1. The van der Waals surface area contributed by atoms with E-state index in [-0.39, 0.29) is 24.6 Å². The van der Waals surface area contributed by atoms with Crippen LogP contribution in [0.25, 0.3) is 0 Å². The molecule has 3 aromatic rings. The lowest BCUT2D eigenvalue weighted by Gasteiger charge is -2.20. The average molecular weight is 466 g/mol. The standard InChI is InChI=1S/C25H26N2O7/c1-27(20-8-4-3-7-19(20)25(31)26-15-18-6-5-13-33-18)23(29)16-34-24(30)12-10-17-9-11-22(32-2)21(28)14-17/h3-9,11,13-14,28H,10,12,15-16H2,1-2H3,(H,26,31). The fraction of sp³-hybridized carbons (Fsp3) is 0.240. The number of para-hydroxylation sites is 1. The molecule has 1 heterocycles. The Morgan fingerprint density at radius 1 is 1.09 bits per heavy atom. The molecule has 0 atom stereocenters. The van der Waals surface area contributed by atoms with Gasteiger partial charge >= 0.3 is 5.97 Å². The van der Waals surface area contributed by atoms with Crippen molar-refractivity contribution in [3.8, 4) is 11.5 Å². The van der Waals surface area contributed by atoms with Gasteiger partial charge in [-0.05, 0) is 48.4 Å². The summed E-state index contributed by atoms with van der Waals surface area (Å²) in [6, 6.07) is 15.0. The first-order valence-electron chi connectivity index (χ1n) is 10.6. The number of amides is 2. The number of aromatic hydroxyl groups is 1. The van der Waals surface area contributed by atoms with E-state index in [1.54, 1.807) is 48.5 Å². The molecule has 0 fully saturated rings. The zero-order valence-corrected chi connectivity index (χ0v) is 18.9. The van der Waals surface area contributed by atoms with Gasteiger partial charge in [0.1, 0.15) is 5.76 Å². The quantitative estimate of drug-likeness (QED) is 0.441. The normalized spacial score (nSPS) is 10.4. The molecule has 9 nitrogen and oxygen atoms in total. The number of hydrogen-bond acceptors (Lipinski definition) is 7. The van der Waals surface area contributed by atoms with Crippen LogP contribution in [-0.2, 0) is 27.3 Å². The van der Waals surface area contributed by atoms with Crippen molar-refractivity contribution in [2.45, 2.75) is 19.4 Å². The number of carbonyl (C=O) groups excluding carboxylic acids is 3. The van der Waals surface area contributed by atoms with Crippen molar-refractivity contribution >= 4 is 23.5 Å². The van der Waals surface area contributed by atoms with Crippen LogP contribution in [0, 0.1) is 0 Å². The Labute approximate surface area is 196 Å². The number of likely N-dealkylation sites (N-methyl/N-ethyl adjacent to an activating group) is 1. The second kappa shape index (κ2) is 11.6. The summed E-state index contributed by atoms with van der Waals surface area (Å²) in [5.74, 6) is -0.478. The van der Waals surface area contributed by atoms with Gasteiger partial charge in [-0.3, -0.25) is 14.4 Å². The van der Waals surface area contributed by atoms with E-state index < -0.39 is 18.5 Å². The number of esters is 1. The second-order valence-electron chi connectivity index (χ2n) is 7.40. The van der Waals surface area contributed by atoms with Crippen LogP contribution in [0.1, 0.15) is 28.1 Å². The van der Waals surface area contributed by atoms with Crippen molar-refractivity contribution in [1.82, 2.24) is 5.32 Å². The predicted octanol–water partition coefficient (Wildman–Crippen LogP) is 3.06. The summed E-state index contributed by atoms with van der Waals surface area (Å²) in [6.07, 6.45) is 1.89. The minimum atomic E-state index is -0.554. The number of nitrogens with one attached hydrogen (secondary N) is 1. The Balaban J connectivity index is 1.52. The molecule has 0 spiro atoms. The summed E-state index contributed by atoms with van der Waals surface area (Å²) in [5, 5.41) is 12.6. The van der Waals surface area contributed by atoms with Gasteiger partial charge in [0.15, 0.2) is 18.1 Å². The van der Waals surface area contributed by atoms with Crippen LogP contribution in [0.15, 0.2) is 65.3 Å². The van der Waals surface area contributed by atoms with Crippen molar-refractivity contribution in [3.63, 3.8) is 0 Å². The van der Waals surface area contributed by atoms with Crippen LogP contribution in [0.4, 0.5) is 5.69 Å². The zero-order valence-electron chi connectivity index (χ0n) is 18.9. The highest BCUT2D eigenvalue weighted by molar-refractivity contribution is 6.05. The van der Waals surface area contributed by atoms with Gasteiger partial charge in [0, 0.05) is 13.5 Å². The smallest absolute Gasteiger partial charge is 0.306 e. The first-order valence-corrected chi connectivity index (χ1v) is 10.6. The van der Waals surface area contributed by atoms with Gasteiger partial charge in [-0.15, -0.1) is 0 Å². The van der Waals surface area contributed by atoms with E-state index in [0.717, 1.165) is 5.56 Å². The third-order valence-corrected chi connectivity index (χ3v) is 5.11. The number of hydrogen-bond donors (Lipinski definition) is 2. The van der Waals surface area contributed by atoms with Gasteiger partial charge in [-0.2, -0.15) is 0 Å². The molecule has 2 aromatic carbocycles. The highest BCUT2D eigenvalue weighted by atomic mass is 16.5. The van der Waals surface area contributed by atoms with E-state index in [4.69, 9.17) is 13.9 Å². The van der Waals surface area contributed by atoms with Gasteiger partial charge < -0.3 is 29.2 Å². The Kier molecular flexibility index (Phi) is 8.28. The molecule has 0 bridgehead atoms. The van der Waals surface area contributed by atoms with E-state index >= 15 is 0 Å². The molecule has 0 aliphatic rings. The van der Waals surface area contributed by atoms with Crippen LogP contribution in [0.5, 0.6) is 11.5 Å². The fourth-order valence-corrected chi connectivity index (χ4v) is 3.22. The molecule has 0 radical (unpaired) electrons. The average Bonchev–Trinajstić information content (AvgIpc) is 3.38. The molecule has 9 heteroatoms. The maximum Gasteiger partial charge on any atom is 0.306 e. The van der Waals surface area contributed by atoms with Crippen molar-refractivity contribution < 1.29 is 33.4 Å². The van der Waals surface area contributed by atoms with Crippen LogP contribution in [-0.4, -0.2) is 43.7 Å². The summed E-state index contributed by atoms with van der Waals surface area (Å²) in [7, 11) is 2.96. The third-order valence-electron chi connectivity index (χ3n) is 5.11. The molecule has 0 saturated carbocycles. The van der Waals surface area contributed by atoms with Crippen LogP contribution < -0.4 is 15.0 Å². The number of ether oxygens (including phenoxy) is 2. The number of methoxy groups -OCH3 is 1. The van der Waals surface area contributed by atoms with Crippen molar-refractivity contribution in [2.75, 3.05) is 25.7 Å². The Morgan fingerprint density at radius 3 is 2.59 bits per heavy atom. The zero-order chi connectivity index (χ0) is 24.5. The molecule has 34 heavy (non-hydrogen) atoms. The minimum Gasteiger partial charge on any atom is -0.504 e. The van der Waals surface area contributed by atoms with Gasteiger partial charge in [-0.25, -0.2) is 0 Å². The molecule has 2 N–H and O–H groups in total. The third kappa shape index (κ3) is 6.38. The number of furan rings is 1. The maximum atomic E-state index is 12.6. The van der Waals surface area contributed by atoms with Crippen LogP contribution >= 0.6 is 0 Å². The summed E-state index contributed by atoms with van der Waals surface area (Å²) < 4.78 is 15.3. The van der Waals surface area contributed by atoms with E-state index in [1.165, 1.54) is 31.4 Å². The summed E-state index contributed by atoms with van der Waals surface area (Å²) in [5.41, 5.74) is 1.41. The summed E-state index contributed by atoms with van der Waals surface area (Å²) in [4.78, 5) is 38.6. The first kappa shape index (κ1) is 24.4. The molecule has 0 aliphatic carbocycles. The summed E-state index contributed by atoms with van der Waals surface area (Å²) in [6.45, 7) is -0.257. The highest BCUT2D eigenvalue weighted by Gasteiger charge is 2.20. The molecule has 2 amide bonds. The highest BCUT2D eigenvalue weighted by Crippen LogP contribution is 2.26. The lowest BCUT2D eigenvalue weighted by molar-refractivity contribution is -0.147.